The summed E-state index contributed by atoms with van der Waals surface area (Å²) in [6.07, 6.45) is 2.67. The average molecular weight is 281 g/mol. The zero-order valence-electron chi connectivity index (χ0n) is 9.94. The van der Waals surface area contributed by atoms with Crippen molar-refractivity contribution >= 4 is 28.8 Å². The standard InChI is InChI=1S/C13H13ClN2OS/c1-9-16-8-12(18-9)6-7-15-13(17)10-2-4-11(14)5-3-10/h2-5,8H,6-7H2,1H3,(H,15,17). The Kier molecular flexibility index (Phi) is 4.33. The van der Waals surface area contributed by atoms with E-state index in [1.54, 1.807) is 35.6 Å². The molecule has 94 valence electrons. The third-order valence-corrected chi connectivity index (χ3v) is 3.66. The molecular weight excluding hydrogens is 268 g/mol. The largest absolute Gasteiger partial charge is 0.352 e. The summed E-state index contributed by atoms with van der Waals surface area (Å²) in [5, 5.41) is 4.55. The van der Waals surface area contributed by atoms with Crippen molar-refractivity contribution in [2.45, 2.75) is 13.3 Å². The van der Waals surface area contributed by atoms with Crippen LogP contribution in [0.1, 0.15) is 20.2 Å². The number of halogens is 1. The quantitative estimate of drug-likeness (QED) is 0.935. The molecule has 18 heavy (non-hydrogen) atoms. The molecular formula is C13H13ClN2OS. The van der Waals surface area contributed by atoms with Gasteiger partial charge in [-0.25, -0.2) is 4.98 Å². The van der Waals surface area contributed by atoms with Crippen molar-refractivity contribution < 1.29 is 4.79 Å². The molecule has 2 aromatic rings. The third-order valence-electron chi connectivity index (χ3n) is 2.43. The van der Waals surface area contributed by atoms with Gasteiger partial charge in [0.15, 0.2) is 0 Å². The van der Waals surface area contributed by atoms with E-state index in [0.717, 1.165) is 11.4 Å². The van der Waals surface area contributed by atoms with E-state index < -0.39 is 0 Å². The second kappa shape index (κ2) is 5.98. The Balaban J connectivity index is 1.83. The maximum atomic E-state index is 11.8. The molecule has 0 saturated heterocycles. The van der Waals surface area contributed by atoms with Crippen molar-refractivity contribution in [2.24, 2.45) is 0 Å². The number of benzene rings is 1. The van der Waals surface area contributed by atoms with Crippen molar-refractivity contribution in [3.63, 3.8) is 0 Å². The summed E-state index contributed by atoms with van der Waals surface area (Å²) < 4.78 is 0. The van der Waals surface area contributed by atoms with Crippen LogP contribution in [0.4, 0.5) is 0 Å². The normalized spacial score (nSPS) is 10.3. The predicted octanol–water partition coefficient (Wildman–Crippen LogP) is 3.08. The molecule has 0 spiro atoms. The monoisotopic (exact) mass is 280 g/mol. The number of hydrogen-bond acceptors (Lipinski definition) is 3. The summed E-state index contributed by atoms with van der Waals surface area (Å²) in [6.45, 7) is 2.59. The molecule has 0 radical (unpaired) electrons. The first-order valence-corrected chi connectivity index (χ1v) is 6.79. The molecule has 1 N–H and O–H groups in total. The summed E-state index contributed by atoms with van der Waals surface area (Å²) in [5.41, 5.74) is 0.625. The van der Waals surface area contributed by atoms with Gasteiger partial charge in [-0.05, 0) is 31.2 Å². The van der Waals surface area contributed by atoms with E-state index >= 15 is 0 Å². The Morgan fingerprint density at radius 3 is 2.72 bits per heavy atom. The fraction of sp³-hybridized carbons (Fsp3) is 0.231. The SMILES string of the molecule is Cc1ncc(CCNC(=O)c2ccc(Cl)cc2)s1. The van der Waals surface area contributed by atoms with E-state index in [1.165, 1.54) is 4.88 Å². The highest BCUT2D eigenvalue weighted by molar-refractivity contribution is 7.11. The smallest absolute Gasteiger partial charge is 0.251 e. The Hall–Kier alpha value is -1.39. The first-order chi connectivity index (χ1) is 8.65. The summed E-state index contributed by atoms with van der Waals surface area (Å²) in [4.78, 5) is 17.1. The van der Waals surface area contributed by atoms with Gasteiger partial charge in [0.2, 0.25) is 0 Å². The number of rotatable bonds is 4. The number of nitrogens with one attached hydrogen (secondary N) is 1. The molecule has 5 heteroatoms. The van der Waals surface area contributed by atoms with Crippen LogP contribution < -0.4 is 5.32 Å². The van der Waals surface area contributed by atoms with E-state index in [-0.39, 0.29) is 5.91 Å². The van der Waals surface area contributed by atoms with Crippen LogP contribution in [0.2, 0.25) is 5.02 Å². The first-order valence-electron chi connectivity index (χ1n) is 5.60. The minimum Gasteiger partial charge on any atom is -0.352 e. The van der Waals surface area contributed by atoms with Gasteiger partial charge in [-0.3, -0.25) is 4.79 Å². The minimum absolute atomic E-state index is 0.0760. The molecule has 0 unspecified atom stereocenters. The van der Waals surface area contributed by atoms with E-state index in [0.29, 0.717) is 17.1 Å². The summed E-state index contributed by atoms with van der Waals surface area (Å²) in [7, 11) is 0. The molecule has 0 aliphatic heterocycles. The first kappa shape index (κ1) is 13.1. The van der Waals surface area contributed by atoms with Crippen LogP contribution in [-0.4, -0.2) is 17.4 Å². The van der Waals surface area contributed by atoms with Crippen LogP contribution in [-0.2, 0) is 6.42 Å². The summed E-state index contributed by atoms with van der Waals surface area (Å²) in [5.74, 6) is -0.0760. The molecule has 1 heterocycles. The Morgan fingerprint density at radius 2 is 2.11 bits per heavy atom. The van der Waals surface area contributed by atoms with Crippen molar-refractivity contribution in [2.75, 3.05) is 6.54 Å². The topological polar surface area (TPSA) is 42.0 Å². The fourth-order valence-electron chi connectivity index (χ4n) is 1.52. The minimum atomic E-state index is -0.0760. The number of thiazole rings is 1. The molecule has 1 aromatic carbocycles. The predicted molar refractivity (Wildman–Crippen MR) is 74.3 cm³/mol. The maximum absolute atomic E-state index is 11.8. The number of hydrogen-bond donors (Lipinski definition) is 1. The molecule has 1 aromatic heterocycles. The lowest BCUT2D eigenvalue weighted by molar-refractivity contribution is 0.0954. The summed E-state index contributed by atoms with van der Waals surface area (Å²) in [6, 6.07) is 6.86. The van der Waals surface area contributed by atoms with E-state index in [4.69, 9.17) is 11.6 Å². The number of nitrogens with zero attached hydrogens (tertiary/aromatic N) is 1. The molecule has 1 amide bonds. The number of amides is 1. The third kappa shape index (κ3) is 3.55. The number of aromatic nitrogens is 1. The van der Waals surface area contributed by atoms with Gasteiger partial charge in [0.1, 0.15) is 0 Å². The van der Waals surface area contributed by atoms with Crippen LogP contribution in [0.25, 0.3) is 0 Å². The summed E-state index contributed by atoms with van der Waals surface area (Å²) >= 11 is 7.42. The lowest BCUT2D eigenvalue weighted by atomic mass is 10.2. The highest BCUT2D eigenvalue weighted by Crippen LogP contribution is 2.12. The van der Waals surface area contributed by atoms with Gasteiger partial charge >= 0.3 is 0 Å². The number of aryl methyl sites for hydroxylation is 1. The lowest BCUT2D eigenvalue weighted by Crippen LogP contribution is -2.25. The van der Waals surface area contributed by atoms with Gasteiger partial charge < -0.3 is 5.32 Å². The zero-order chi connectivity index (χ0) is 13.0. The zero-order valence-corrected chi connectivity index (χ0v) is 11.5. The van der Waals surface area contributed by atoms with Crippen LogP contribution >= 0.6 is 22.9 Å². The Labute approximate surface area is 115 Å². The number of carbonyl (C=O) groups excluding carboxylic acids is 1. The van der Waals surface area contributed by atoms with E-state index in [1.807, 2.05) is 13.1 Å². The van der Waals surface area contributed by atoms with Crippen LogP contribution in [0.5, 0.6) is 0 Å². The van der Waals surface area contributed by atoms with Gasteiger partial charge in [0, 0.05) is 34.6 Å². The molecule has 3 nitrogen and oxygen atoms in total. The van der Waals surface area contributed by atoms with Gasteiger partial charge in [-0.1, -0.05) is 11.6 Å². The lowest BCUT2D eigenvalue weighted by Gasteiger charge is -2.04. The van der Waals surface area contributed by atoms with Crippen LogP contribution in [0.15, 0.2) is 30.5 Å². The highest BCUT2D eigenvalue weighted by Gasteiger charge is 2.05. The van der Waals surface area contributed by atoms with Gasteiger partial charge in [-0.2, -0.15) is 0 Å². The number of carbonyl (C=O) groups is 1. The Morgan fingerprint density at radius 1 is 1.39 bits per heavy atom. The van der Waals surface area contributed by atoms with Crippen LogP contribution in [0.3, 0.4) is 0 Å². The molecule has 0 bridgehead atoms. The van der Waals surface area contributed by atoms with Crippen molar-refractivity contribution in [1.29, 1.82) is 0 Å². The molecule has 2 rings (SSSR count). The van der Waals surface area contributed by atoms with Crippen molar-refractivity contribution in [1.82, 2.24) is 10.3 Å². The Bertz CT molecular complexity index is 536. The molecule has 0 atom stereocenters. The van der Waals surface area contributed by atoms with E-state index in [2.05, 4.69) is 10.3 Å². The maximum Gasteiger partial charge on any atom is 0.251 e. The molecule has 0 saturated carbocycles. The molecule has 0 fully saturated rings. The molecule has 0 aliphatic carbocycles. The second-order valence-corrected chi connectivity index (χ2v) is 5.61. The van der Waals surface area contributed by atoms with Gasteiger partial charge in [0.25, 0.3) is 5.91 Å². The molecule has 0 aliphatic rings. The van der Waals surface area contributed by atoms with E-state index in [9.17, 15) is 4.79 Å². The van der Waals surface area contributed by atoms with Gasteiger partial charge in [0.05, 0.1) is 5.01 Å². The van der Waals surface area contributed by atoms with Crippen molar-refractivity contribution in [3.05, 3.63) is 50.9 Å². The van der Waals surface area contributed by atoms with Gasteiger partial charge in [-0.15, -0.1) is 11.3 Å². The fourth-order valence-corrected chi connectivity index (χ4v) is 2.44. The average Bonchev–Trinajstić information content (AvgIpc) is 2.76. The van der Waals surface area contributed by atoms with Crippen molar-refractivity contribution in [3.8, 4) is 0 Å². The highest BCUT2D eigenvalue weighted by atomic mass is 35.5. The second-order valence-electron chi connectivity index (χ2n) is 3.86. The van der Waals surface area contributed by atoms with Crippen LogP contribution in [0, 0.1) is 6.92 Å².